The van der Waals surface area contributed by atoms with Gasteiger partial charge in [-0.1, -0.05) is 13.8 Å². The van der Waals surface area contributed by atoms with Gasteiger partial charge in [-0.2, -0.15) is 5.10 Å². The molecule has 0 aromatic carbocycles. The van der Waals surface area contributed by atoms with E-state index in [0.29, 0.717) is 12.0 Å². The third kappa shape index (κ3) is 1.41. The zero-order valence-corrected chi connectivity index (χ0v) is 10.1. The Hall–Kier alpha value is -0.830. The molecule has 1 heterocycles. The number of hydrogen-bond acceptors (Lipinski definition) is 2. The van der Waals surface area contributed by atoms with Gasteiger partial charge >= 0.3 is 0 Å². The fraction of sp³-hybridized carbons (Fsp3) is 0.750. The van der Waals surface area contributed by atoms with Crippen molar-refractivity contribution in [3.05, 3.63) is 17.5 Å². The number of aryl methyl sites for hydroxylation is 2. The largest absolute Gasteiger partial charge is 0.327 e. The molecular formula is C12H21N3. The summed E-state index contributed by atoms with van der Waals surface area (Å²) in [5, 5.41) is 4.41. The normalized spacial score (nSPS) is 35.3. The van der Waals surface area contributed by atoms with Crippen LogP contribution in [-0.2, 0) is 7.05 Å². The number of nitrogens with two attached hydrogens (primary N) is 1. The van der Waals surface area contributed by atoms with Crippen LogP contribution in [0.3, 0.4) is 0 Å². The molecule has 1 saturated carbocycles. The molecule has 84 valence electrons. The smallest absolute Gasteiger partial charge is 0.0628 e. The van der Waals surface area contributed by atoms with Crippen LogP contribution in [0.2, 0.25) is 0 Å². The molecule has 0 aliphatic heterocycles. The summed E-state index contributed by atoms with van der Waals surface area (Å²) in [6.45, 7) is 6.63. The van der Waals surface area contributed by atoms with E-state index in [1.165, 1.54) is 5.56 Å². The summed E-state index contributed by atoms with van der Waals surface area (Å²) in [7, 11) is 1.98. The lowest BCUT2D eigenvalue weighted by atomic mass is 9.54. The molecule has 0 spiro atoms. The topological polar surface area (TPSA) is 43.8 Å². The molecule has 2 N–H and O–H groups in total. The van der Waals surface area contributed by atoms with Gasteiger partial charge < -0.3 is 5.73 Å². The Bertz CT molecular complexity index is 369. The molecule has 1 aliphatic carbocycles. The van der Waals surface area contributed by atoms with Gasteiger partial charge in [0, 0.05) is 19.3 Å². The first kappa shape index (κ1) is 10.7. The van der Waals surface area contributed by atoms with Gasteiger partial charge in [-0.3, -0.25) is 4.68 Å². The second-order valence-corrected chi connectivity index (χ2v) is 5.10. The number of rotatable bonds is 2. The van der Waals surface area contributed by atoms with Crippen molar-refractivity contribution in [3.8, 4) is 0 Å². The SMILES string of the molecule is CCC1(C)C(N)CC1c1cn(C)nc1C. The third-order valence-corrected chi connectivity index (χ3v) is 4.32. The van der Waals surface area contributed by atoms with Crippen LogP contribution in [0.1, 0.15) is 43.9 Å². The van der Waals surface area contributed by atoms with Gasteiger partial charge in [0.2, 0.25) is 0 Å². The summed E-state index contributed by atoms with van der Waals surface area (Å²) in [4.78, 5) is 0. The lowest BCUT2D eigenvalue weighted by molar-refractivity contribution is 0.0702. The lowest BCUT2D eigenvalue weighted by Crippen LogP contribution is -2.54. The number of hydrogen-bond donors (Lipinski definition) is 1. The van der Waals surface area contributed by atoms with Crippen LogP contribution in [-0.4, -0.2) is 15.8 Å². The van der Waals surface area contributed by atoms with Crippen LogP contribution < -0.4 is 5.73 Å². The molecule has 3 nitrogen and oxygen atoms in total. The third-order valence-electron chi connectivity index (χ3n) is 4.32. The van der Waals surface area contributed by atoms with Gasteiger partial charge in [-0.05, 0) is 36.7 Å². The van der Waals surface area contributed by atoms with E-state index in [1.54, 1.807) is 0 Å². The Morgan fingerprint density at radius 2 is 2.33 bits per heavy atom. The molecule has 3 unspecified atom stereocenters. The maximum Gasteiger partial charge on any atom is 0.0628 e. The molecular weight excluding hydrogens is 186 g/mol. The van der Waals surface area contributed by atoms with E-state index in [-0.39, 0.29) is 5.41 Å². The highest BCUT2D eigenvalue weighted by Crippen LogP contribution is 2.54. The van der Waals surface area contributed by atoms with E-state index in [9.17, 15) is 0 Å². The van der Waals surface area contributed by atoms with Crippen molar-refractivity contribution >= 4 is 0 Å². The van der Waals surface area contributed by atoms with Crippen LogP contribution in [0, 0.1) is 12.3 Å². The molecule has 0 bridgehead atoms. The molecule has 1 fully saturated rings. The maximum atomic E-state index is 6.12. The van der Waals surface area contributed by atoms with E-state index in [1.807, 2.05) is 11.7 Å². The number of nitrogens with zero attached hydrogens (tertiary/aromatic N) is 2. The van der Waals surface area contributed by atoms with Crippen LogP contribution in [0.15, 0.2) is 6.20 Å². The van der Waals surface area contributed by atoms with E-state index in [0.717, 1.165) is 18.5 Å². The van der Waals surface area contributed by atoms with Gasteiger partial charge in [0.15, 0.2) is 0 Å². The predicted octanol–water partition coefficient (Wildman–Crippen LogP) is 1.96. The Kier molecular flexibility index (Phi) is 2.38. The molecule has 1 aromatic rings. The highest BCUT2D eigenvalue weighted by atomic mass is 15.2. The second kappa shape index (κ2) is 3.34. The molecule has 3 atom stereocenters. The van der Waals surface area contributed by atoms with E-state index >= 15 is 0 Å². The summed E-state index contributed by atoms with van der Waals surface area (Å²) in [5.41, 5.74) is 8.95. The van der Waals surface area contributed by atoms with Crippen molar-refractivity contribution in [2.24, 2.45) is 18.2 Å². The van der Waals surface area contributed by atoms with Crippen molar-refractivity contribution in [1.82, 2.24) is 9.78 Å². The van der Waals surface area contributed by atoms with Gasteiger partial charge in [-0.15, -0.1) is 0 Å². The highest BCUT2D eigenvalue weighted by Gasteiger charge is 2.49. The van der Waals surface area contributed by atoms with Crippen molar-refractivity contribution in [3.63, 3.8) is 0 Å². The first-order valence-electron chi connectivity index (χ1n) is 5.74. The highest BCUT2D eigenvalue weighted by molar-refractivity contribution is 5.28. The second-order valence-electron chi connectivity index (χ2n) is 5.10. The average molecular weight is 207 g/mol. The Balaban J connectivity index is 2.30. The summed E-state index contributed by atoms with van der Waals surface area (Å²) in [5.74, 6) is 0.603. The summed E-state index contributed by atoms with van der Waals surface area (Å²) < 4.78 is 1.91. The predicted molar refractivity (Wildman–Crippen MR) is 61.7 cm³/mol. The lowest BCUT2D eigenvalue weighted by Gasteiger charge is -2.52. The minimum atomic E-state index is 0.272. The monoisotopic (exact) mass is 207 g/mol. The zero-order chi connectivity index (χ0) is 11.2. The summed E-state index contributed by atoms with van der Waals surface area (Å²) in [6.07, 6.45) is 4.41. The Morgan fingerprint density at radius 1 is 1.67 bits per heavy atom. The molecule has 0 amide bonds. The van der Waals surface area contributed by atoms with E-state index in [4.69, 9.17) is 5.73 Å². The molecule has 0 saturated heterocycles. The van der Waals surface area contributed by atoms with E-state index < -0.39 is 0 Å². The van der Waals surface area contributed by atoms with Crippen molar-refractivity contribution < 1.29 is 0 Å². The minimum Gasteiger partial charge on any atom is -0.327 e. The molecule has 2 rings (SSSR count). The van der Waals surface area contributed by atoms with Crippen LogP contribution >= 0.6 is 0 Å². The quantitative estimate of drug-likeness (QED) is 0.805. The van der Waals surface area contributed by atoms with Gasteiger partial charge in [-0.25, -0.2) is 0 Å². The molecule has 0 radical (unpaired) electrons. The standard InChI is InChI=1S/C12H21N3/c1-5-12(3)10(6-11(12)13)9-7-15(4)14-8(9)2/h7,10-11H,5-6,13H2,1-4H3. The van der Waals surface area contributed by atoms with Gasteiger partial charge in [0.05, 0.1) is 5.69 Å². The summed E-state index contributed by atoms with van der Waals surface area (Å²) >= 11 is 0. The Labute approximate surface area is 91.7 Å². The van der Waals surface area contributed by atoms with Crippen molar-refractivity contribution in [2.45, 2.75) is 45.6 Å². The van der Waals surface area contributed by atoms with Gasteiger partial charge in [0.1, 0.15) is 0 Å². The van der Waals surface area contributed by atoms with Crippen LogP contribution in [0.5, 0.6) is 0 Å². The molecule has 15 heavy (non-hydrogen) atoms. The van der Waals surface area contributed by atoms with E-state index in [2.05, 4.69) is 32.1 Å². The number of aromatic nitrogens is 2. The molecule has 1 aliphatic rings. The van der Waals surface area contributed by atoms with Crippen molar-refractivity contribution in [2.75, 3.05) is 0 Å². The summed E-state index contributed by atoms with van der Waals surface area (Å²) in [6, 6.07) is 0.354. The van der Waals surface area contributed by atoms with Gasteiger partial charge in [0.25, 0.3) is 0 Å². The van der Waals surface area contributed by atoms with Crippen LogP contribution in [0.25, 0.3) is 0 Å². The minimum absolute atomic E-state index is 0.272. The first-order chi connectivity index (χ1) is 6.99. The van der Waals surface area contributed by atoms with Crippen LogP contribution in [0.4, 0.5) is 0 Å². The maximum absolute atomic E-state index is 6.12. The zero-order valence-electron chi connectivity index (χ0n) is 10.1. The Morgan fingerprint density at radius 3 is 2.73 bits per heavy atom. The first-order valence-corrected chi connectivity index (χ1v) is 5.74. The molecule has 3 heteroatoms. The van der Waals surface area contributed by atoms with Crippen molar-refractivity contribution in [1.29, 1.82) is 0 Å². The fourth-order valence-corrected chi connectivity index (χ4v) is 2.84. The molecule has 1 aromatic heterocycles. The fourth-order valence-electron chi connectivity index (χ4n) is 2.84. The average Bonchev–Trinajstić information content (AvgIpc) is 2.52.